The highest BCUT2D eigenvalue weighted by Gasteiger charge is 2.19. The normalized spacial score (nSPS) is 12.0. The van der Waals surface area contributed by atoms with Crippen LogP contribution in [0.3, 0.4) is 0 Å². The SMILES string of the molecule is C[N+](C)(CCCNC(=O)CCCCCCCC=CCCCCCCCC(=O)NCCC[N+](C)(C)CC(=O)O)CC(=O)O. The van der Waals surface area contributed by atoms with Crippen LogP contribution in [0.2, 0.25) is 0 Å². The van der Waals surface area contributed by atoms with Crippen LogP contribution in [0.1, 0.15) is 103 Å². The number of carboxylic acids is 2. The Hall–Kier alpha value is -2.46. The van der Waals surface area contributed by atoms with E-state index < -0.39 is 11.9 Å². The first-order valence-electron chi connectivity index (χ1n) is 16.1. The number of allylic oxidation sites excluding steroid dienone is 2. The molecule has 0 saturated carbocycles. The van der Waals surface area contributed by atoms with E-state index in [1.807, 2.05) is 28.2 Å². The number of unbranched alkanes of at least 4 members (excludes halogenated alkanes) is 10. The lowest BCUT2D eigenvalue weighted by atomic mass is 10.1. The van der Waals surface area contributed by atoms with Crippen LogP contribution in [0.5, 0.6) is 0 Å². The molecule has 0 bridgehead atoms. The lowest BCUT2D eigenvalue weighted by Crippen LogP contribution is -2.45. The zero-order chi connectivity index (χ0) is 31.7. The summed E-state index contributed by atoms with van der Waals surface area (Å²) in [6.45, 7) is 2.84. The van der Waals surface area contributed by atoms with Gasteiger partial charge in [0, 0.05) is 38.8 Å². The number of hydrogen-bond acceptors (Lipinski definition) is 4. The molecule has 2 amide bonds. The highest BCUT2D eigenvalue weighted by atomic mass is 16.4. The van der Waals surface area contributed by atoms with Crippen LogP contribution in [0, 0.1) is 0 Å². The summed E-state index contributed by atoms with van der Waals surface area (Å²) in [4.78, 5) is 45.6. The topological polar surface area (TPSA) is 133 Å². The molecule has 42 heavy (non-hydrogen) atoms. The van der Waals surface area contributed by atoms with Crippen molar-refractivity contribution in [1.82, 2.24) is 10.6 Å². The van der Waals surface area contributed by atoms with Crippen molar-refractivity contribution in [2.75, 3.05) is 67.5 Å². The Morgan fingerprint density at radius 3 is 1.21 bits per heavy atom. The minimum atomic E-state index is -0.801. The fourth-order valence-electron chi connectivity index (χ4n) is 4.93. The Balaban J connectivity index is 3.47. The molecule has 0 aromatic rings. The second-order valence-electron chi connectivity index (χ2n) is 12.9. The molecule has 0 aliphatic heterocycles. The molecule has 0 radical (unpaired) electrons. The summed E-state index contributed by atoms with van der Waals surface area (Å²) in [5.41, 5.74) is 0. The maximum absolute atomic E-state index is 11.9. The van der Waals surface area contributed by atoms with Crippen molar-refractivity contribution in [3.63, 3.8) is 0 Å². The van der Waals surface area contributed by atoms with Gasteiger partial charge < -0.3 is 29.8 Å². The molecule has 0 aromatic carbocycles. The lowest BCUT2D eigenvalue weighted by Gasteiger charge is -2.27. The molecule has 0 unspecified atom stereocenters. The largest absolute Gasteiger partial charge is 0.477 e. The van der Waals surface area contributed by atoms with Gasteiger partial charge in [0.05, 0.1) is 41.3 Å². The van der Waals surface area contributed by atoms with Crippen molar-refractivity contribution in [2.24, 2.45) is 0 Å². The molecule has 0 heterocycles. The van der Waals surface area contributed by atoms with Gasteiger partial charge in [0.15, 0.2) is 13.1 Å². The number of amides is 2. The van der Waals surface area contributed by atoms with Crippen LogP contribution >= 0.6 is 0 Å². The number of aliphatic carboxylic acids is 2. The summed E-state index contributed by atoms with van der Waals surface area (Å²) in [5, 5.41) is 23.7. The minimum absolute atomic E-state index is 0.0917. The molecule has 0 spiro atoms. The van der Waals surface area contributed by atoms with Gasteiger partial charge in [0.2, 0.25) is 11.8 Å². The van der Waals surface area contributed by atoms with Gasteiger partial charge >= 0.3 is 11.9 Å². The predicted octanol–water partition coefficient (Wildman–Crippen LogP) is 4.34. The fraction of sp³-hybridized carbons (Fsp3) is 0.812. The van der Waals surface area contributed by atoms with Crippen molar-refractivity contribution >= 4 is 23.8 Å². The molecule has 4 N–H and O–H groups in total. The van der Waals surface area contributed by atoms with Crippen LogP contribution in [0.25, 0.3) is 0 Å². The highest BCUT2D eigenvalue weighted by Crippen LogP contribution is 2.10. The van der Waals surface area contributed by atoms with Crippen LogP contribution in [0.15, 0.2) is 12.2 Å². The second kappa shape index (κ2) is 24.0. The van der Waals surface area contributed by atoms with Crippen molar-refractivity contribution < 1.29 is 38.4 Å². The zero-order valence-electron chi connectivity index (χ0n) is 27.1. The van der Waals surface area contributed by atoms with Gasteiger partial charge in [-0.2, -0.15) is 0 Å². The van der Waals surface area contributed by atoms with Crippen molar-refractivity contribution in [2.45, 2.75) is 103 Å². The fourth-order valence-corrected chi connectivity index (χ4v) is 4.93. The Labute approximate surface area is 255 Å². The first kappa shape index (κ1) is 39.5. The average molecular weight is 599 g/mol. The lowest BCUT2D eigenvalue weighted by molar-refractivity contribution is -0.883. The van der Waals surface area contributed by atoms with E-state index in [2.05, 4.69) is 22.8 Å². The number of likely N-dealkylation sites (N-methyl/N-ethyl adjacent to an activating group) is 2. The molecule has 0 fully saturated rings. The van der Waals surface area contributed by atoms with E-state index in [1.54, 1.807) is 0 Å². The van der Waals surface area contributed by atoms with Crippen molar-refractivity contribution in [3.8, 4) is 0 Å². The Morgan fingerprint density at radius 1 is 0.524 bits per heavy atom. The third kappa shape index (κ3) is 27.7. The Morgan fingerprint density at radius 2 is 0.857 bits per heavy atom. The summed E-state index contributed by atoms with van der Waals surface area (Å²) in [5.74, 6) is -1.42. The van der Waals surface area contributed by atoms with Gasteiger partial charge in [0.1, 0.15) is 0 Å². The molecule has 10 heteroatoms. The molecule has 10 nitrogen and oxygen atoms in total. The van der Waals surface area contributed by atoms with E-state index in [-0.39, 0.29) is 24.9 Å². The van der Waals surface area contributed by atoms with Crippen molar-refractivity contribution in [3.05, 3.63) is 12.2 Å². The van der Waals surface area contributed by atoms with Gasteiger partial charge in [-0.3, -0.25) is 9.59 Å². The number of nitrogens with zero attached hydrogens (tertiary/aromatic N) is 2. The van der Waals surface area contributed by atoms with E-state index in [0.29, 0.717) is 34.9 Å². The maximum atomic E-state index is 11.9. The van der Waals surface area contributed by atoms with Crippen LogP contribution in [0.4, 0.5) is 0 Å². The molecule has 244 valence electrons. The van der Waals surface area contributed by atoms with E-state index >= 15 is 0 Å². The van der Waals surface area contributed by atoms with Gasteiger partial charge in [-0.1, -0.05) is 50.7 Å². The number of rotatable bonds is 28. The predicted molar refractivity (Wildman–Crippen MR) is 168 cm³/mol. The summed E-state index contributed by atoms with van der Waals surface area (Å²) < 4.78 is 0.843. The molecule has 0 atom stereocenters. The highest BCUT2D eigenvalue weighted by molar-refractivity contribution is 5.76. The quantitative estimate of drug-likeness (QED) is 0.0602. The summed E-state index contributed by atoms with van der Waals surface area (Å²) in [7, 11) is 7.56. The number of carbonyl (C=O) groups is 4. The van der Waals surface area contributed by atoms with Gasteiger partial charge in [0.25, 0.3) is 0 Å². The molecular weight excluding hydrogens is 536 g/mol. The van der Waals surface area contributed by atoms with Crippen LogP contribution < -0.4 is 10.6 Å². The first-order valence-corrected chi connectivity index (χ1v) is 16.1. The third-order valence-corrected chi connectivity index (χ3v) is 7.37. The Bertz CT molecular complexity index is 734. The van der Waals surface area contributed by atoms with Crippen molar-refractivity contribution in [1.29, 1.82) is 0 Å². The van der Waals surface area contributed by atoms with Gasteiger partial charge in [-0.05, 0) is 38.5 Å². The van der Waals surface area contributed by atoms with E-state index in [4.69, 9.17) is 10.2 Å². The number of hydrogen-bond donors (Lipinski definition) is 4. The Kier molecular flexibility index (Phi) is 22.6. The zero-order valence-corrected chi connectivity index (χ0v) is 27.1. The van der Waals surface area contributed by atoms with Gasteiger partial charge in [-0.15, -0.1) is 0 Å². The van der Waals surface area contributed by atoms with Crippen LogP contribution in [-0.4, -0.2) is 110 Å². The minimum Gasteiger partial charge on any atom is -0.477 e. The summed E-state index contributed by atoms with van der Waals surface area (Å²) in [6.07, 6.45) is 20.6. The number of carbonyl (C=O) groups excluding carboxylic acids is 2. The van der Waals surface area contributed by atoms with Crippen LogP contribution in [-0.2, 0) is 19.2 Å². The number of carboxylic acid groups (broad SMARTS) is 2. The average Bonchev–Trinajstić information content (AvgIpc) is 2.87. The molecular formula is C32H62N4O6+2. The monoisotopic (exact) mass is 598 g/mol. The van der Waals surface area contributed by atoms with E-state index in [1.165, 1.54) is 25.7 Å². The van der Waals surface area contributed by atoms with Gasteiger partial charge in [-0.25, -0.2) is 9.59 Å². The molecule has 0 rings (SSSR count). The second-order valence-corrected chi connectivity index (χ2v) is 12.9. The maximum Gasteiger partial charge on any atom is 0.359 e. The molecule has 0 saturated heterocycles. The first-order chi connectivity index (χ1) is 19.8. The molecule has 0 aliphatic rings. The van der Waals surface area contributed by atoms with E-state index in [9.17, 15) is 19.2 Å². The number of nitrogens with one attached hydrogen (secondary N) is 2. The smallest absolute Gasteiger partial charge is 0.359 e. The number of quaternary nitrogens is 2. The third-order valence-electron chi connectivity index (χ3n) is 7.37. The summed E-state index contributed by atoms with van der Waals surface area (Å²) >= 11 is 0. The molecule has 0 aromatic heterocycles. The van der Waals surface area contributed by atoms with E-state index in [0.717, 1.165) is 77.3 Å². The summed E-state index contributed by atoms with van der Waals surface area (Å²) in [6, 6.07) is 0. The molecule has 0 aliphatic carbocycles. The standard InChI is InChI=1S/C32H60N4O6/c1-35(2,27-31(39)40)25-19-23-33-29(37)21-17-15-13-11-9-7-5-6-8-10-12-14-16-18-22-30(38)34-24-20-26-36(3,4)28-32(41)42/h5-6H,7-28H2,1-4H3,(H2-2,33,34,37,38,39,40,41,42)/p+2.